The van der Waals surface area contributed by atoms with Crippen molar-refractivity contribution in [3.05, 3.63) is 34.6 Å². The number of hydrogen-bond acceptors (Lipinski definition) is 2. The molecule has 1 unspecified atom stereocenters. The highest BCUT2D eigenvalue weighted by molar-refractivity contribution is 6.30. The van der Waals surface area contributed by atoms with Gasteiger partial charge in [0.15, 0.2) is 5.67 Å². The van der Waals surface area contributed by atoms with Crippen LogP contribution in [0.1, 0.15) is 18.5 Å². The Morgan fingerprint density at radius 3 is 2.65 bits per heavy atom. The number of nitrogens with zero attached hydrogens (tertiary/aromatic N) is 1. The highest BCUT2D eigenvalue weighted by Gasteiger charge is 2.44. The van der Waals surface area contributed by atoms with Gasteiger partial charge in [-0.25, -0.2) is 8.78 Å². The van der Waals surface area contributed by atoms with E-state index in [0.29, 0.717) is 5.02 Å². The summed E-state index contributed by atoms with van der Waals surface area (Å²) >= 11 is 5.77. The van der Waals surface area contributed by atoms with Crippen molar-refractivity contribution in [3.63, 3.8) is 0 Å². The Morgan fingerprint density at radius 1 is 1.47 bits per heavy atom. The van der Waals surface area contributed by atoms with Gasteiger partial charge in [0.1, 0.15) is 5.82 Å². The summed E-state index contributed by atoms with van der Waals surface area (Å²) in [6, 6.07) is 4.19. The van der Waals surface area contributed by atoms with Crippen LogP contribution in [0.5, 0.6) is 0 Å². The summed E-state index contributed by atoms with van der Waals surface area (Å²) in [6.07, 6.45) is 0. The molecule has 0 bridgehead atoms. The van der Waals surface area contributed by atoms with Gasteiger partial charge in [0.05, 0.1) is 6.61 Å². The van der Waals surface area contributed by atoms with E-state index in [9.17, 15) is 8.78 Å². The van der Waals surface area contributed by atoms with Crippen LogP contribution in [0.3, 0.4) is 0 Å². The van der Waals surface area contributed by atoms with E-state index in [4.69, 9.17) is 16.7 Å². The van der Waals surface area contributed by atoms with E-state index in [-0.39, 0.29) is 19.1 Å². The molecule has 1 aliphatic rings. The molecular weight excluding hydrogens is 248 g/mol. The molecular formula is C12H14ClF2NO. The Bertz CT molecular complexity index is 401. The molecule has 1 atom stereocenters. The molecule has 2 rings (SSSR count). The van der Waals surface area contributed by atoms with Crippen LogP contribution in [-0.2, 0) is 0 Å². The van der Waals surface area contributed by atoms with E-state index < -0.39 is 18.1 Å². The molecule has 5 heteroatoms. The van der Waals surface area contributed by atoms with Crippen molar-refractivity contribution in [2.75, 3.05) is 19.7 Å². The number of alkyl halides is 1. The lowest BCUT2D eigenvalue weighted by atomic mass is 9.93. The standard InChI is InChI=1S/C12H14ClF2NO/c1-8(16-5-12(15,6-16)7-17)9-2-10(13)4-11(14)3-9/h2-4,8,17H,5-7H2,1H3. The van der Waals surface area contributed by atoms with Crippen molar-refractivity contribution in [1.29, 1.82) is 0 Å². The Labute approximate surface area is 104 Å². The predicted octanol–water partition coefficient (Wildman–Crippen LogP) is 2.56. The maximum Gasteiger partial charge on any atom is 0.159 e. The number of rotatable bonds is 3. The molecule has 0 aromatic heterocycles. The molecule has 0 saturated carbocycles. The van der Waals surface area contributed by atoms with Crippen LogP contribution in [0.4, 0.5) is 8.78 Å². The molecule has 0 spiro atoms. The number of aliphatic hydroxyl groups excluding tert-OH is 1. The molecule has 0 amide bonds. The third-order valence-electron chi connectivity index (χ3n) is 3.17. The van der Waals surface area contributed by atoms with Crippen LogP contribution in [0.15, 0.2) is 18.2 Å². The van der Waals surface area contributed by atoms with E-state index in [2.05, 4.69) is 0 Å². The Hall–Kier alpha value is -0.710. The van der Waals surface area contributed by atoms with Crippen molar-refractivity contribution >= 4 is 11.6 Å². The Kier molecular flexibility index (Phi) is 3.39. The lowest BCUT2D eigenvalue weighted by Crippen LogP contribution is -2.61. The maximum absolute atomic E-state index is 13.5. The molecule has 1 saturated heterocycles. The molecule has 1 fully saturated rings. The maximum atomic E-state index is 13.5. The van der Waals surface area contributed by atoms with Crippen molar-refractivity contribution in [3.8, 4) is 0 Å². The van der Waals surface area contributed by atoms with E-state index in [1.807, 2.05) is 11.8 Å². The van der Waals surface area contributed by atoms with Crippen LogP contribution in [-0.4, -0.2) is 35.4 Å². The van der Waals surface area contributed by atoms with Gasteiger partial charge in [-0.3, -0.25) is 4.90 Å². The van der Waals surface area contributed by atoms with Gasteiger partial charge in [-0.2, -0.15) is 0 Å². The number of hydrogen-bond donors (Lipinski definition) is 1. The van der Waals surface area contributed by atoms with E-state index in [0.717, 1.165) is 5.56 Å². The van der Waals surface area contributed by atoms with Crippen molar-refractivity contribution in [2.45, 2.75) is 18.6 Å². The summed E-state index contributed by atoms with van der Waals surface area (Å²) < 4.78 is 26.7. The summed E-state index contributed by atoms with van der Waals surface area (Å²) in [7, 11) is 0. The molecule has 1 aromatic carbocycles. The first-order chi connectivity index (χ1) is 7.93. The van der Waals surface area contributed by atoms with Crippen molar-refractivity contribution < 1.29 is 13.9 Å². The third-order valence-corrected chi connectivity index (χ3v) is 3.39. The zero-order valence-electron chi connectivity index (χ0n) is 9.46. The van der Waals surface area contributed by atoms with Crippen LogP contribution >= 0.6 is 11.6 Å². The van der Waals surface area contributed by atoms with Gasteiger partial charge in [-0.05, 0) is 30.7 Å². The Morgan fingerprint density at radius 2 is 2.12 bits per heavy atom. The molecule has 1 heterocycles. The van der Waals surface area contributed by atoms with Gasteiger partial charge in [0.2, 0.25) is 0 Å². The van der Waals surface area contributed by atoms with Crippen LogP contribution in [0.25, 0.3) is 0 Å². The molecule has 0 radical (unpaired) electrons. The summed E-state index contributed by atoms with van der Waals surface area (Å²) in [6.45, 7) is 1.72. The molecule has 94 valence electrons. The second-order valence-electron chi connectivity index (χ2n) is 4.59. The second-order valence-corrected chi connectivity index (χ2v) is 5.03. The topological polar surface area (TPSA) is 23.5 Å². The number of benzene rings is 1. The van der Waals surface area contributed by atoms with Gasteiger partial charge < -0.3 is 5.11 Å². The fraction of sp³-hybridized carbons (Fsp3) is 0.500. The second kappa shape index (κ2) is 4.52. The number of aliphatic hydroxyl groups is 1. The van der Waals surface area contributed by atoms with Crippen LogP contribution in [0.2, 0.25) is 5.02 Å². The SMILES string of the molecule is CC(c1cc(F)cc(Cl)c1)N1CC(F)(CO)C1. The molecule has 1 aliphatic heterocycles. The van der Waals surface area contributed by atoms with Gasteiger partial charge >= 0.3 is 0 Å². The largest absolute Gasteiger partial charge is 0.393 e. The van der Waals surface area contributed by atoms with Gasteiger partial charge in [-0.15, -0.1) is 0 Å². The van der Waals surface area contributed by atoms with E-state index in [1.165, 1.54) is 12.1 Å². The summed E-state index contributed by atoms with van der Waals surface area (Å²) in [4.78, 5) is 1.83. The van der Waals surface area contributed by atoms with Crippen LogP contribution < -0.4 is 0 Å². The quantitative estimate of drug-likeness (QED) is 0.904. The van der Waals surface area contributed by atoms with E-state index in [1.54, 1.807) is 6.07 Å². The Balaban J connectivity index is 2.08. The fourth-order valence-electron chi connectivity index (χ4n) is 2.08. The lowest BCUT2D eigenvalue weighted by molar-refractivity contribution is -0.0840. The van der Waals surface area contributed by atoms with Gasteiger partial charge in [0, 0.05) is 24.2 Å². The van der Waals surface area contributed by atoms with Crippen molar-refractivity contribution in [2.24, 2.45) is 0 Å². The summed E-state index contributed by atoms with van der Waals surface area (Å²) in [5.74, 6) is -0.395. The molecule has 1 aromatic rings. The summed E-state index contributed by atoms with van der Waals surface area (Å²) in [5.41, 5.74) is -0.791. The van der Waals surface area contributed by atoms with Gasteiger partial charge in [0.25, 0.3) is 0 Å². The highest BCUT2D eigenvalue weighted by atomic mass is 35.5. The zero-order valence-corrected chi connectivity index (χ0v) is 10.2. The number of likely N-dealkylation sites (tertiary alicyclic amines) is 1. The minimum absolute atomic E-state index is 0.112. The monoisotopic (exact) mass is 261 g/mol. The number of halogens is 3. The lowest BCUT2D eigenvalue weighted by Gasteiger charge is -2.46. The fourth-order valence-corrected chi connectivity index (χ4v) is 2.31. The minimum Gasteiger partial charge on any atom is -0.393 e. The minimum atomic E-state index is -1.51. The normalized spacial score (nSPS) is 21.0. The van der Waals surface area contributed by atoms with Gasteiger partial charge in [-0.1, -0.05) is 11.6 Å². The molecule has 1 N–H and O–H groups in total. The molecule has 17 heavy (non-hydrogen) atoms. The third kappa shape index (κ3) is 2.59. The smallest absolute Gasteiger partial charge is 0.159 e. The first-order valence-corrected chi connectivity index (χ1v) is 5.81. The molecule has 2 nitrogen and oxygen atoms in total. The van der Waals surface area contributed by atoms with Crippen LogP contribution in [0, 0.1) is 5.82 Å². The van der Waals surface area contributed by atoms with E-state index >= 15 is 0 Å². The first kappa shape index (κ1) is 12.7. The summed E-state index contributed by atoms with van der Waals surface area (Å²) in [5, 5.41) is 9.16. The molecule has 0 aliphatic carbocycles. The highest BCUT2D eigenvalue weighted by Crippen LogP contribution is 2.34. The van der Waals surface area contributed by atoms with Crippen molar-refractivity contribution in [1.82, 2.24) is 4.90 Å². The average molecular weight is 262 g/mol. The predicted molar refractivity (Wildman–Crippen MR) is 62.3 cm³/mol. The average Bonchev–Trinajstić information content (AvgIpc) is 2.22. The zero-order chi connectivity index (χ0) is 12.6. The first-order valence-electron chi connectivity index (χ1n) is 5.43.